The van der Waals surface area contributed by atoms with Crippen molar-refractivity contribution in [2.75, 3.05) is 6.54 Å². The van der Waals surface area contributed by atoms with Gasteiger partial charge in [0.1, 0.15) is 5.60 Å². The normalized spacial score (nSPS) is 23.0. The second kappa shape index (κ2) is 6.34. The van der Waals surface area contributed by atoms with Crippen molar-refractivity contribution in [3.63, 3.8) is 0 Å². The highest BCUT2D eigenvalue weighted by Gasteiger charge is 2.50. The molecular weight excluding hydrogens is 290 g/mol. The summed E-state index contributed by atoms with van der Waals surface area (Å²) in [5.41, 5.74) is -0.189. The summed E-state index contributed by atoms with van der Waals surface area (Å²) in [6, 6.07) is 9.87. The third-order valence-electron chi connectivity index (χ3n) is 4.54. The van der Waals surface area contributed by atoms with E-state index in [9.17, 15) is 9.59 Å². The Kier molecular flexibility index (Phi) is 4.83. The third kappa shape index (κ3) is 3.74. The van der Waals surface area contributed by atoms with E-state index >= 15 is 0 Å². The van der Waals surface area contributed by atoms with Gasteiger partial charge in [-0.25, -0.2) is 0 Å². The molecule has 0 spiro atoms. The standard InChI is InChI=1S/C19H27NO3/c1-6-19(17(22)23-18(3,4)5)12-16(21)20(13-19)14(2)15-10-8-7-9-11-15/h7-11,14H,6,12-13H2,1-5H3/t14-,19+/m1/s1. The van der Waals surface area contributed by atoms with Crippen molar-refractivity contribution in [1.82, 2.24) is 4.90 Å². The fourth-order valence-electron chi connectivity index (χ4n) is 3.03. The third-order valence-corrected chi connectivity index (χ3v) is 4.54. The number of carbonyl (C=O) groups excluding carboxylic acids is 2. The van der Waals surface area contributed by atoms with Gasteiger partial charge in [-0.2, -0.15) is 0 Å². The van der Waals surface area contributed by atoms with Gasteiger partial charge < -0.3 is 9.64 Å². The molecule has 1 amide bonds. The summed E-state index contributed by atoms with van der Waals surface area (Å²) < 4.78 is 5.58. The first-order chi connectivity index (χ1) is 10.7. The van der Waals surface area contributed by atoms with Gasteiger partial charge in [0.05, 0.1) is 11.5 Å². The van der Waals surface area contributed by atoms with Gasteiger partial charge in [-0.05, 0) is 39.7 Å². The lowest BCUT2D eigenvalue weighted by Gasteiger charge is -2.31. The highest BCUT2D eigenvalue weighted by Crippen LogP contribution is 2.40. The van der Waals surface area contributed by atoms with Gasteiger partial charge in [0.2, 0.25) is 5.91 Å². The van der Waals surface area contributed by atoms with Crippen molar-refractivity contribution >= 4 is 11.9 Å². The zero-order valence-corrected chi connectivity index (χ0v) is 14.8. The number of esters is 1. The van der Waals surface area contributed by atoms with Gasteiger partial charge in [0.25, 0.3) is 0 Å². The molecule has 0 aromatic heterocycles. The maximum atomic E-state index is 12.7. The summed E-state index contributed by atoms with van der Waals surface area (Å²) in [6.45, 7) is 9.95. The molecule has 0 aliphatic carbocycles. The van der Waals surface area contributed by atoms with Crippen molar-refractivity contribution in [2.45, 2.75) is 59.1 Å². The SMILES string of the molecule is CC[C@]1(C(=O)OC(C)(C)C)CC(=O)N([C@H](C)c2ccccc2)C1. The molecule has 1 aliphatic heterocycles. The number of nitrogens with zero attached hydrogens (tertiary/aromatic N) is 1. The largest absolute Gasteiger partial charge is 0.459 e. The van der Waals surface area contributed by atoms with Crippen molar-refractivity contribution in [1.29, 1.82) is 0 Å². The van der Waals surface area contributed by atoms with Gasteiger partial charge in [-0.15, -0.1) is 0 Å². The summed E-state index contributed by atoms with van der Waals surface area (Å²) in [6.07, 6.45) is 0.835. The molecule has 1 aromatic rings. The van der Waals surface area contributed by atoms with Crippen molar-refractivity contribution < 1.29 is 14.3 Å². The molecular formula is C19H27NO3. The van der Waals surface area contributed by atoms with Crippen LogP contribution in [-0.2, 0) is 14.3 Å². The lowest BCUT2D eigenvalue weighted by molar-refractivity contribution is -0.167. The zero-order valence-electron chi connectivity index (χ0n) is 14.8. The molecule has 4 heteroatoms. The molecule has 126 valence electrons. The first kappa shape index (κ1) is 17.5. The number of ether oxygens (including phenoxy) is 1. The van der Waals surface area contributed by atoms with E-state index in [1.165, 1.54) is 0 Å². The van der Waals surface area contributed by atoms with Crippen LogP contribution in [0, 0.1) is 5.41 Å². The number of rotatable bonds is 4. The van der Waals surface area contributed by atoms with Crippen LogP contribution in [0.1, 0.15) is 59.1 Å². The average molecular weight is 317 g/mol. The maximum Gasteiger partial charge on any atom is 0.314 e. The number of amides is 1. The van der Waals surface area contributed by atoms with E-state index in [0.717, 1.165) is 5.56 Å². The Balaban J connectivity index is 2.21. The van der Waals surface area contributed by atoms with Crippen LogP contribution in [0.2, 0.25) is 0 Å². The minimum Gasteiger partial charge on any atom is -0.459 e. The Morgan fingerprint density at radius 1 is 1.30 bits per heavy atom. The second-order valence-corrected chi connectivity index (χ2v) is 7.42. The van der Waals surface area contributed by atoms with Crippen LogP contribution in [0.25, 0.3) is 0 Å². The minimum absolute atomic E-state index is 0.0223. The van der Waals surface area contributed by atoms with Crippen LogP contribution in [0.4, 0.5) is 0 Å². The molecule has 0 N–H and O–H groups in total. The average Bonchev–Trinajstić information content (AvgIpc) is 2.84. The van der Waals surface area contributed by atoms with E-state index in [1.54, 1.807) is 0 Å². The van der Waals surface area contributed by atoms with Crippen molar-refractivity contribution in [2.24, 2.45) is 5.41 Å². The van der Waals surface area contributed by atoms with E-state index in [1.807, 2.05) is 69.9 Å². The summed E-state index contributed by atoms with van der Waals surface area (Å²) >= 11 is 0. The number of carbonyl (C=O) groups is 2. The molecule has 2 atom stereocenters. The zero-order chi connectivity index (χ0) is 17.3. The molecule has 1 aromatic carbocycles. The highest BCUT2D eigenvalue weighted by molar-refractivity contribution is 5.90. The number of likely N-dealkylation sites (tertiary alicyclic amines) is 1. The minimum atomic E-state index is -0.729. The quantitative estimate of drug-likeness (QED) is 0.795. The van der Waals surface area contributed by atoms with Crippen LogP contribution >= 0.6 is 0 Å². The Bertz CT molecular complexity index is 576. The molecule has 1 fully saturated rings. The lowest BCUT2D eigenvalue weighted by atomic mass is 9.84. The molecule has 0 bridgehead atoms. The smallest absolute Gasteiger partial charge is 0.314 e. The molecule has 0 saturated carbocycles. The Hall–Kier alpha value is -1.84. The summed E-state index contributed by atoms with van der Waals surface area (Å²) in [5.74, 6) is -0.238. The Labute approximate surface area is 138 Å². The predicted molar refractivity (Wildman–Crippen MR) is 89.8 cm³/mol. The molecule has 1 aliphatic rings. The molecule has 0 radical (unpaired) electrons. The number of benzene rings is 1. The maximum absolute atomic E-state index is 12.7. The van der Waals surface area contributed by atoms with Crippen molar-refractivity contribution in [3.8, 4) is 0 Å². The monoisotopic (exact) mass is 317 g/mol. The predicted octanol–water partition coefficient (Wildman–Crippen LogP) is 3.72. The molecule has 1 heterocycles. The summed E-state index contributed by atoms with van der Waals surface area (Å²) in [4.78, 5) is 27.0. The molecule has 23 heavy (non-hydrogen) atoms. The summed E-state index contributed by atoms with van der Waals surface area (Å²) in [5, 5.41) is 0. The number of hydrogen-bond acceptors (Lipinski definition) is 3. The van der Waals surface area contributed by atoms with Crippen LogP contribution in [0.3, 0.4) is 0 Å². The van der Waals surface area contributed by atoms with Gasteiger partial charge >= 0.3 is 5.97 Å². The number of hydrogen-bond donors (Lipinski definition) is 0. The van der Waals surface area contributed by atoms with E-state index in [4.69, 9.17) is 4.74 Å². The van der Waals surface area contributed by atoms with Crippen molar-refractivity contribution in [3.05, 3.63) is 35.9 Å². The van der Waals surface area contributed by atoms with Crippen LogP contribution in [0.5, 0.6) is 0 Å². The topological polar surface area (TPSA) is 46.6 Å². The van der Waals surface area contributed by atoms with Gasteiger partial charge in [0.15, 0.2) is 0 Å². The van der Waals surface area contributed by atoms with Crippen LogP contribution in [-0.4, -0.2) is 28.9 Å². The van der Waals surface area contributed by atoms with Gasteiger partial charge in [0, 0.05) is 13.0 Å². The van der Waals surface area contributed by atoms with E-state index < -0.39 is 11.0 Å². The summed E-state index contributed by atoms with van der Waals surface area (Å²) in [7, 11) is 0. The first-order valence-electron chi connectivity index (χ1n) is 8.26. The fourth-order valence-corrected chi connectivity index (χ4v) is 3.03. The van der Waals surface area contributed by atoms with Gasteiger partial charge in [-0.1, -0.05) is 37.3 Å². The highest BCUT2D eigenvalue weighted by atomic mass is 16.6. The second-order valence-electron chi connectivity index (χ2n) is 7.42. The van der Waals surface area contributed by atoms with E-state index in [2.05, 4.69) is 0 Å². The van der Waals surface area contributed by atoms with E-state index in [0.29, 0.717) is 13.0 Å². The molecule has 0 unspecified atom stereocenters. The Morgan fingerprint density at radius 3 is 2.43 bits per heavy atom. The van der Waals surface area contributed by atoms with Gasteiger partial charge in [-0.3, -0.25) is 9.59 Å². The van der Waals surface area contributed by atoms with E-state index in [-0.39, 0.29) is 24.3 Å². The lowest BCUT2D eigenvalue weighted by Crippen LogP contribution is -2.40. The van der Waals surface area contributed by atoms with Crippen LogP contribution in [0.15, 0.2) is 30.3 Å². The first-order valence-corrected chi connectivity index (χ1v) is 8.26. The van der Waals surface area contributed by atoms with Crippen LogP contribution < -0.4 is 0 Å². The molecule has 1 saturated heterocycles. The molecule has 4 nitrogen and oxygen atoms in total. The molecule has 2 rings (SSSR count). The fraction of sp³-hybridized carbons (Fsp3) is 0.579. The Morgan fingerprint density at radius 2 is 1.91 bits per heavy atom.